The lowest BCUT2D eigenvalue weighted by Gasteiger charge is -2.22. The molecule has 0 heterocycles. The van der Waals surface area contributed by atoms with Crippen molar-refractivity contribution in [3.8, 4) is 11.1 Å². The molecular weight excluding hydrogens is 391 g/mol. The lowest BCUT2D eigenvalue weighted by molar-refractivity contribution is -0.139. The molecular formula is C27H33FO3. The molecule has 3 nitrogen and oxygen atoms in total. The van der Waals surface area contributed by atoms with Crippen molar-refractivity contribution in [2.24, 2.45) is 0 Å². The maximum atomic E-state index is 15.0. The number of ether oxygens (including phenoxy) is 1. The van der Waals surface area contributed by atoms with Crippen LogP contribution in [0, 0.1) is 5.82 Å². The van der Waals surface area contributed by atoms with Crippen LogP contribution in [0.4, 0.5) is 4.39 Å². The molecule has 0 aliphatic heterocycles. The van der Waals surface area contributed by atoms with Gasteiger partial charge in [0, 0.05) is 17.7 Å². The van der Waals surface area contributed by atoms with Crippen LogP contribution < -0.4 is 0 Å². The Kier molecular flexibility index (Phi) is 8.42. The van der Waals surface area contributed by atoms with E-state index in [1.54, 1.807) is 13.0 Å². The molecule has 3 rings (SSSR count). The highest BCUT2D eigenvalue weighted by Crippen LogP contribution is 2.35. The number of carbonyl (C=O) groups is 1. The number of hydrogen-bond donors (Lipinski definition) is 1. The second kappa shape index (κ2) is 11.2. The predicted octanol–water partition coefficient (Wildman–Crippen LogP) is 6.13. The Labute approximate surface area is 185 Å². The number of aliphatic hydroxyl groups excluding tert-OH is 1. The molecule has 1 N–H and O–H groups in total. The maximum Gasteiger partial charge on any atom is 0.333 e. The SMILES string of the molecule is C=C(C)C(=O)OCCCc1cc(-c2ccc(C3CCCCC3)cc2F)ccc1CCO. The Balaban J connectivity index is 1.75. The molecule has 0 saturated heterocycles. The summed E-state index contributed by atoms with van der Waals surface area (Å²) in [6.07, 6.45) is 7.93. The van der Waals surface area contributed by atoms with Crippen molar-refractivity contribution in [1.82, 2.24) is 0 Å². The topological polar surface area (TPSA) is 46.5 Å². The van der Waals surface area contributed by atoms with Crippen molar-refractivity contribution in [1.29, 1.82) is 0 Å². The van der Waals surface area contributed by atoms with E-state index in [0.717, 1.165) is 35.1 Å². The highest BCUT2D eigenvalue weighted by Gasteiger charge is 2.17. The molecule has 0 unspecified atom stereocenters. The van der Waals surface area contributed by atoms with E-state index in [1.807, 2.05) is 24.3 Å². The van der Waals surface area contributed by atoms with E-state index in [9.17, 15) is 9.90 Å². The molecule has 0 bridgehead atoms. The molecule has 0 atom stereocenters. The number of carbonyl (C=O) groups excluding carboxylic acids is 1. The van der Waals surface area contributed by atoms with Crippen molar-refractivity contribution < 1.29 is 19.0 Å². The Morgan fingerprint density at radius 3 is 2.55 bits per heavy atom. The third kappa shape index (κ3) is 6.27. The van der Waals surface area contributed by atoms with Gasteiger partial charge in [0.25, 0.3) is 0 Å². The first kappa shape index (κ1) is 23.2. The minimum atomic E-state index is -0.385. The largest absolute Gasteiger partial charge is 0.462 e. The minimum absolute atomic E-state index is 0.0570. The van der Waals surface area contributed by atoms with Gasteiger partial charge >= 0.3 is 5.97 Å². The molecule has 2 aromatic carbocycles. The normalized spacial score (nSPS) is 14.4. The second-order valence-electron chi connectivity index (χ2n) is 8.55. The van der Waals surface area contributed by atoms with Crippen molar-refractivity contribution in [2.45, 2.75) is 64.2 Å². The Morgan fingerprint density at radius 2 is 1.87 bits per heavy atom. The Morgan fingerprint density at radius 1 is 1.10 bits per heavy atom. The van der Waals surface area contributed by atoms with E-state index in [0.29, 0.717) is 42.9 Å². The van der Waals surface area contributed by atoms with Crippen LogP contribution in [-0.4, -0.2) is 24.3 Å². The maximum absolute atomic E-state index is 15.0. The third-order valence-electron chi connectivity index (χ3n) is 6.14. The lowest BCUT2D eigenvalue weighted by atomic mass is 9.83. The van der Waals surface area contributed by atoms with Crippen LogP contribution in [0.2, 0.25) is 0 Å². The molecule has 0 spiro atoms. The quantitative estimate of drug-likeness (QED) is 0.299. The first-order chi connectivity index (χ1) is 15.0. The van der Waals surface area contributed by atoms with Crippen LogP contribution in [0.5, 0.6) is 0 Å². The van der Waals surface area contributed by atoms with E-state index in [1.165, 1.54) is 19.3 Å². The van der Waals surface area contributed by atoms with E-state index in [4.69, 9.17) is 4.74 Å². The van der Waals surface area contributed by atoms with E-state index < -0.39 is 0 Å². The fraction of sp³-hybridized carbons (Fsp3) is 0.444. The van der Waals surface area contributed by atoms with Gasteiger partial charge < -0.3 is 9.84 Å². The van der Waals surface area contributed by atoms with Crippen LogP contribution in [0.15, 0.2) is 48.6 Å². The number of rotatable bonds is 9. The lowest BCUT2D eigenvalue weighted by Crippen LogP contribution is -2.07. The fourth-order valence-corrected chi connectivity index (χ4v) is 4.40. The van der Waals surface area contributed by atoms with Gasteiger partial charge in [-0.1, -0.05) is 56.2 Å². The number of halogens is 1. The standard InChI is InChI=1S/C27H33FO3/c1-19(2)27(30)31-16-6-9-22-17-24(11-10-21(22)14-15-29)25-13-12-23(18-26(25)28)20-7-4-3-5-8-20/h10-13,17-18,20,29H,1,3-9,14-16H2,2H3. The summed E-state index contributed by atoms with van der Waals surface area (Å²) in [5, 5.41) is 9.40. The average molecular weight is 425 g/mol. The van der Waals surface area contributed by atoms with E-state index in [-0.39, 0.29) is 18.4 Å². The van der Waals surface area contributed by atoms with Gasteiger partial charge in [0.1, 0.15) is 5.82 Å². The van der Waals surface area contributed by atoms with Crippen molar-refractivity contribution >= 4 is 5.97 Å². The van der Waals surface area contributed by atoms with Crippen molar-refractivity contribution in [3.05, 3.63) is 71.1 Å². The number of benzene rings is 2. The summed E-state index contributed by atoms with van der Waals surface area (Å²) < 4.78 is 20.2. The molecule has 0 radical (unpaired) electrons. The van der Waals surface area contributed by atoms with Gasteiger partial charge in [-0.3, -0.25) is 0 Å². The summed E-state index contributed by atoms with van der Waals surface area (Å²) in [6, 6.07) is 11.6. The van der Waals surface area contributed by atoms with Gasteiger partial charge in [0.2, 0.25) is 0 Å². The number of aryl methyl sites for hydroxylation is 1. The monoisotopic (exact) mass is 424 g/mol. The number of hydrogen-bond acceptors (Lipinski definition) is 3. The first-order valence-electron chi connectivity index (χ1n) is 11.3. The molecule has 1 fully saturated rings. The highest BCUT2D eigenvalue weighted by molar-refractivity contribution is 5.86. The summed E-state index contributed by atoms with van der Waals surface area (Å²) in [5.41, 5.74) is 5.02. The number of esters is 1. The van der Waals surface area contributed by atoms with Gasteiger partial charge in [-0.2, -0.15) is 0 Å². The Bertz CT molecular complexity index is 913. The second-order valence-corrected chi connectivity index (χ2v) is 8.55. The zero-order chi connectivity index (χ0) is 22.2. The van der Waals surface area contributed by atoms with Gasteiger partial charge in [-0.25, -0.2) is 9.18 Å². The van der Waals surface area contributed by atoms with Crippen molar-refractivity contribution in [3.63, 3.8) is 0 Å². The zero-order valence-electron chi connectivity index (χ0n) is 18.5. The van der Waals surface area contributed by atoms with Crippen LogP contribution in [0.25, 0.3) is 11.1 Å². The highest BCUT2D eigenvalue weighted by atomic mass is 19.1. The van der Waals surface area contributed by atoms with Crippen molar-refractivity contribution in [2.75, 3.05) is 13.2 Å². The average Bonchev–Trinajstić information content (AvgIpc) is 2.78. The van der Waals surface area contributed by atoms with Crippen LogP contribution in [0.3, 0.4) is 0 Å². The van der Waals surface area contributed by atoms with Crippen LogP contribution in [0.1, 0.15) is 68.1 Å². The molecule has 31 heavy (non-hydrogen) atoms. The summed E-state index contributed by atoms with van der Waals surface area (Å²) in [5.74, 6) is -0.0921. The van der Waals surface area contributed by atoms with Gasteiger partial charge in [0.15, 0.2) is 0 Å². The molecule has 1 saturated carbocycles. The first-order valence-corrected chi connectivity index (χ1v) is 11.3. The van der Waals surface area contributed by atoms with Gasteiger partial charge in [-0.05, 0) is 73.3 Å². The molecule has 1 aliphatic rings. The number of aliphatic hydroxyl groups is 1. The summed E-state index contributed by atoms with van der Waals surface area (Å²) in [7, 11) is 0. The molecule has 1 aliphatic carbocycles. The van der Waals surface area contributed by atoms with E-state index >= 15 is 4.39 Å². The summed E-state index contributed by atoms with van der Waals surface area (Å²) >= 11 is 0. The van der Waals surface area contributed by atoms with Crippen LogP contribution >= 0.6 is 0 Å². The molecule has 2 aromatic rings. The third-order valence-corrected chi connectivity index (χ3v) is 6.14. The minimum Gasteiger partial charge on any atom is -0.462 e. The van der Waals surface area contributed by atoms with Gasteiger partial charge in [-0.15, -0.1) is 0 Å². The molecule has 166 valence electrons. The zero-order valence-corrected chi connectivity index (χ0v) is 18.5. The molecule has 0 amide bonds. The van der Waals surface area contributed by atoms with E-state index in [2.05, 4.69) is 12.6 Å². The van der Waals surface area contributed by atoms with Gasteiger partial charge in [0.05, 0.1) is 6.61 Å². The molecule has 0 aromatic heterocycles. The fourth-order valence-electron chi connectivity index (χ4n) is 4.40. The van der Waals surface area contributed by atoms with Crippen LogP contribution in [-0.2, 0) is 22.4 Å². The predicted molar refractivity (Wildman–Crippen MR) is 123 cm³/mol. The smallest absolute Gasteiger partial charge is 0.333 e. The summed E-state index contributed by atoms with van der Waals surface area (Å²) in [4.78, 5) is 11.5. The summed E-state index contributed by atoms with van der Waals surface area (Å²) in [6.45, 7) is 5.57. The molecule has 4 heteroatoms. The Hall–Kier alpha value is -2.46.